The van der Waals surface area contributed by atoms with Crippen LogP contribution in [0.2, 0.25) is 0 Å². The van der Waals surface area contributed by atoms with Crippen LogP contribution in [0, 0.1) is 0 Å². The summed E-state index contributed by atoms with van der Waals surface area (Å²) < 4.78 is 0. The van der Waals surface area contributed by atoms with E-state index in [2.05, 4.69) is 6.92 Å². The molecule has 0 aromatic carbocycles. The van der Waals surface area contributed by atoms with E-state index in [1.807, 2.05) is 6.92 Å². The van der Waals surface area contributed by atoms with Gasteiger partial charge in [0.25, 0.3) is 0 Å². The Labute approximate surface area is 163 Å². The van der Waals surface area contributed by atoms with Crippen LogP contribution in [0.25, 0.3) is 0 Å². The van der Waals surface area contributed by atoms with Gasteiger partial charge in [-0.25, -0.2) is 0 Å². The summed E-state index contributed by atoms with van der Waals surface area (Å²) in [5.74, 6) is 0. The maximum Gasteiger partial charge on any atom is 0.154 e. The largest absolute Gasteiger partial charge is 0.390 e. The van der Waals surface area contributed by atoms with Gasteiger partial charge in [0.15, 0.2) is 6.29 Å². The smallest absolute Gasteiger partial charge is 0.154 e. The van der Waals surface area contributed by atoms with Crippen LogP contribution in [-0.4, -0.2) is 27.2 Å². The van der Waals surface area contributed by atoms with Gasteiger partial charge in [-0.15, -0.1) is 0 Å². The monoisotopic (exact) mass is 372 g/mol. The number of aliphatic hydroxyl groups excluding tert-OH is 1. The summed E-state index contributed by atoms with van der Waals surface area (Å²) in [6, 6.07) is 0. The topological polar surface area (TPSA) is 60.7 Å². The second-order valence-corrected chi connectivity index (χ2v) is 8.32. The molecule has 3 heteroatoms. The molecule has 0 saturated heterocycles. The molecule has 0 heterocycles. The fourth-order valence-electron chi connectivity index (χ4n) is 3.77. The SMILES string of the molecule is CCCCCCCCCCCCCCCCCCC(O)(CC)CC(O)O. The predicted molar refractivity (Wildman–Crippen MR) is 112 cm³/mol. The number of aliphatic hydroxyl groups is 3. The van der Waals surface area contributed by atoms with E-state index in [1.165, 1.54) is 89.9 Å². The molecule has 0 aromatic heterocycles. The molecule has 1 unspecified atom stereocenters. The molecule has 0 amide bonds. The molecule has 0 rings (SSSR count). The first-order valence-corrected chi connectivity index (χ1v) is 11.6. The summed E-state index contributed by atoms with van der Waals surface area (Å²) in [5.41, 5.74) is -0.899. The van der Waals surface area contributed by atoms with Gasteiger partial charge >= 0.3 is 0 Å². The lowest BCUT2D eigenvalue weighted by Gasteiger charge is -2.27. The highest BCUT2D eigenvalue weighted by atomic mass is 16.5. The van der Waals surface area contributed by atoms with Gasteiger partial charge in [-0.05, 0) is 12.8 Å². The zero-order valence-corrected chi connectivity index (χ0v) is 17.9. The van der Waals surface area contributed by atoms with Crippen molar-refractivity contribution in [1.29, 1.82) is 0 Å². The third-order valence-corrected chi connectivity index (χ3v) is 5.72. The molecular formula is C23H48O3. The van der Waals surface area contributed by atoms with Gasteiger partial charge < -0.3 is 15.3 Å². The molecule has 0 bridgehead atoms. The van der Waals surface area contributed by atoms with Crippen LogP contribution in [0.1, 0.15) is 136 Å². The van der Waals surface area contributed by atoms with Gasteiger partial charge in [-0.2, -0.15) is 0 Å². The number of hydrogen-bond donors (Lipinski definition) is 3. The predicted octanol–water partition coefficient (Wildman–Crippen LogP) is 6.48. The van der Waals surface area contributed by atoms with Crippen molar-refractivity contribution >= 4 is 0 Å². The molecule has 0 aromatic rings. The van der Waals surface area contributed by atoms with E-state index >= 15 is 0 Å². The minimum absolute atomic E-state index is 0.0717. The van der Waals surface area contributed by atoms with E-state index in [1.54, 1.807) is 0 Å². The maximum absolute atomic E-state index is 10.3. The Morgan fingerprint density at radius 1 is 0.577 bits per heavy atom. The summed E-state index contributed by atoms with van der Waals surface area (Å²) in [4.78, 5) is 0. The number of hydrogen-bond acceptors (Lipinski definition) is 3. The third kappa shape index (κ3) is 17.3. The molecule has 0 radical (unpaired) electrons. The third-order valence-electron chi connectivity index (χ3n) is 5.72. The number of rotatable bonds is 20. The molecule has 158 valence electrons. The van der Waals surface area contributed by atoms with Crippen LogP contribution < -0.4 is 0 Å². The molecule has 0 aliphatic carbocycles. The molecule has 3 N–H and O–H groups in total. The van der Waals surface area contributed by atoms with Crippen molar-refractivity contribution in [2.24, 2.45) is 0 Å². The summed E-state index contributed by atoms with van der Waals surface area (Å²) in [7, 11) is 0. The second kappa shape index (κ2) is 18.3. The Kier molecular flexibility index (Phi) is 18.2. The molecule has 0 spiro atoms. The number of unbranched alkanes of at least 4 members (excludes halogenated alkanes) is 15. The van der Waals surface area contributed by atoms with E-state index in [0.717, 1.165) is 12.8 Å². The molecule has 0 aliphatic heterocycles. The first-order chi connectivity index (χ1) is 12.5. The molecule has 26 heavy (non-hydrogen) atoms. The molecule has 1 atom stereocenters. The highest BCUT2D eigenvalue weighted by molar-refractivity contribution is 4.77. The van der Waals surface area contributed by atoms with Gasteiger partial charge in [-0.1, -0.05) is 117 Å². The van der Waals surface area contributed by atoms with Crippen LogP contribution in [0.5, 0.6) is 0 Å². The van der Waals surface area contributed by atoms with Crippen LogP contribution in [0.4, 0.5) is 0 Å². The van der Waals surface area contributed by atoms with Crippen LogP contribution in [-0.2, 0) is 0 Å². The van der Waals surface area contributed by atoms with Crippen molar-refractivity contribution in [2.45, 2.75) is 148 Å². The fraction of sp³-hybridized carbons (Fsp3) is 1.00. The molecule has 0 aliphatic rings. The summed E-state index contributed by atoms with van der Waals surface area (Å²) in [6.45, 7) is 4.19. The van der Waals surface area contributed by atoms with E-state index < -0.39 is 11.9 Å². The van der Waals surface area contributed by atoms with E-state index in [0.29, 0.717) is 12.8 Å². The molecule has 0 fully saturated rings. The Bertz CT molecular complexity index is 281. The minimum Gasteiger partial charge on any atom is -0.390 e. The Morgan fingerprint density at radius 2 is 0.923 bits per heavy atom. The normalized spacial score (nSPS) is 14.1. The van der Waals surface area contributed by atoms with Crippen molar-refractivity contribution in [2.75, 3.05) is 0 Å². The first kappa shape index (κ1) is 25.9. The minimum atomic E-state index is -1.40. The van der Waals surface area contributed by atoms with Crippen LogP contribution in [0.15, 0.2) is 0 Å². The van der Waals surface area contributed by atoms with E-state index in [-0.39, 0.29) is 6.42 Å². The lowest BCUT2D eigenvalue weighted by molar-refractivity contribution is -0.107. The van der Waals surface area contributed by atoms with Gasteiger partial charge in [-0.3, -0.25) is 0 Å². The van der Waals surface area contributed by atoms with Gasteiger partial charge in [0.05, 0.1) is 5.60 Å². The summed E-state index contributed by atoms with van der Waals surface area (Å²) in [5, 5.41) is 28.4. The van der Waals surface area contributed by atoms with Crippen molar-refractivity contribution < 1.29 is 15.3 Å². The lowest BCUT2D eigenvalue weighted by atomic mass is 9.89. The van der Waals surface area contributed by atoms with Crippen LogP contribution in [0.3, 0.4) is 0 Å². The maximum atomic E-state index is 10.3. The lowest BCUT2D eigenvalue weighted by Crippen LogP contribution is -2.32. The quantitative estimate of drug-likeness (QED) is 0.169. The molecule has 0 saturated carbocycles. The van der Waals surface area contributed by atoms with Gasteiger partial charge in [0, 0.05) is 6.42 Å². The van der Waals surface area contributed by atoms with Crippen LogP contribution >= 0.6 is 0 Å². The average Bonchev–Trinajstić information content (AvgIpc) is 2.60. The second-order valence-electron chi connectivity index (χ2n) is 8.32. The van der Waals surface area contributed by atoms with E-state index in [9.17, 15) is 5.11 Å². The molecular weight excluding hydrogens is 324 g/mol. The standard InChI is InChI=1S/C23H48O3/c1-3-5-6-7-8-9-10-11-12-13-14-15-16-17-18-19-20-23(26,4-2)21-22(24)25/h22,24-26H,3-21H2,1-2H3. The van der Waals surface area contributed by atoms with E-state index in [4.69, 9.17) is 10.2 Å². The Morgan fingerprint density at radius 3 is 1.23 bits per heavy atom. The van der Waals surface area contributed by atoms with Gasteiger partial charge in [0.1, 0.15) is 0 Å². The zero-order valence-electron chi connectivity index (χ0n) is 17.9. The van der Waals surface area contributed by atoms with Crippen molar-refractivity contribution in [3.05, 3.63) is 0 Å². The average molecular weight is 373 g/mol. The van der Waals surface area contributed by atoms with Crippen molar-refractivity contribution in [1.82, 2.24) is 0 Å². The highest BCUT2D eigenvalue weighted by Gasteiger charge is 2.26. The summed E-state index contributed by atoms with van der Waals surface area (Å²) in [6.07, 6.45) is 21.4. The fourth-order valence-corrected chi connectivity index (χ4v) is 3.77. The Balaban J connectivity index is 3.26. The summed E-state index contributed by atoms with van der Waals surface area (Å²) >= 11 is 0. The molecule has 3 nitrogen and oxygen atoms in total. The zero-order chi connectivity index (χ0) is 19.5. The first-order valence-electron chi connectivity index (χ1n) is 11.6. The Hall–Kier alpha value is -0.120. The van der Waals surface area contributed by atoms with Gasteiger partial charge in [0.2, 0.25) is 0 Å². The highest BCUT2D eigenvalue weighted by Crippen LogP contribution is 2.24. The van der Waals surface area contributed by atoms with Crippen molar-refractivity contribution in [3.8, 4) is 0 Å². The van der Waals surface area contributed by atoms with Crippen molar-refractivity contribution in [3.63, 3.8) is 0 Å².